The molecule has 114 valence electrons. The van der Waals surface area contributed by atoms with Crippen molar-refractivity contribution in [1.82, 2.24) is 9.88 Å². The summed E-state index contributed by atoms with van der Waals surface area (Å²) in [6, 6.07) is 0.258. The number of carbonyl (C=O) groups excluding carboxylic acids is 1. The van der Waals surface area contributed by atoms with Gasteiger partial charge in [0.1, 0.15) is 0 Å². The van der Waals surface area contributed by atoms with Gasteiger partial charge in [0, 0.05) is 29.6 Å². The summed E-state index contributed by atoms with van der Waals surface area (Å²) in [6.07, 6.45) is 5.51. The summed E-state index contributed by atoms with van der Waals surface area (Å²) in [4.78, 5) is 30.4. The van der Waals surface area contributed by atoms with Crippen LogP contribution >= 0.6 is 11.3 Å². The molecule has 0 aromatic carbocycles. The van der Waals surface area contributed by atoms with E-state index < -0.39 is 5.97 Å². The molecule has 1 aromatic heterocycles. The van der Waals surface area contributed by atoms with Gasteiger partial charge in [-0.05, 0) is 38.5 Å². The molecule has 0 spiro atoms. The van der Waals surface area contributed by atoms with E-state index in [0.29, 0.717) is 5.13 Å². The van der Waals surface area contributed by atoms with E-state index in [1.165, 1.54) is 11.3 Å². The summed E-state index contributed by atoms with van der Waals surface area (Å²) < 4.78 is 0. The first-order valence-electron chi connectivity index (χ1n) is 7.26. The highest BCUT2D eigenvalue weighted by Crippen LogP contribution is 2.40. The van der Waals surface area contributed by atoms with Crippen LogP contribution in [0.5, 0.6) is 0 Å². The molecule has 0 aliphatic carbocycles. The highest BCUT2D eigenvalue weighted by molar-refractivity contribution is 7.15. The van der Waals surface area contributed by atoms with Gasteiger partial charge in [0.2, 0.25) is 0 Å². The van der Waals surface area contributed by atoms with Crippen molar-refractivity contribution < 1.29 is 14.7 Å². The molecule has 3 heterocycles. The Labute approximate surface area is 127 Å². The molecule has 2 atom stereocenters. The van der Waals surface area contributed by atoms with Gasteiger partial charge in [-0.2, -0.15) is 0 Å². The molecule has 6 nitrogen and oxygen atoms in total. The number of hydrogen-bond donors (Lipinski definition) is 2. The summed E-state index contributed by atoms with van der Waals surface area (Å²) in [5.74, 6) is -0.540. The summed E-state index contributed by atoms with van der Waals surface area (Å²) in [7, 11) is 0. The number of fused-ring (bicyclic) bond motifs is 2. The van der Waals surface area contributed by atoms with E-state index in [-0.39, 0.29) is 30.5 Å². The Morgan fingerprint density at radius 3 is 2.62 bits per heavy atom. The van der Waals surface area contributed by atoms with Crippen LogP contribution in [0.4, 0.5) is 9.93 Å². The standard InChI is InChI=1S/C14H19N3O3S/c1-8-7-15-13(21-8)16-14(20)17-10-2-3-11(17)5-9(4-10)6-12(18)19/h7,9-11H,2-6H2,1H3,(H,18,19)(H,15,16,20). The lowest BCUT2D eigenvalue weighted by Gasteiger charge is -2.38. The zero-order chi connectivity index (χ0) is 15.0. The number of urea groups is 1. The smallest absolute Gasteiger partial charge is 0.324 e. The molecule has 0 radical (unpaired) electrons. The number of aryl methyl sites for hydroxylation is 1. The van der Waals surface area contributed by atoms with Gasteiger partial charge in [0.05, 0.1) is 0 Å². The third kappa shape index (κ3) is 3.02. The molecule has 2 amide bonds. The van der Waals surface area contributed by atoms with Gasteiger partial charge in [0.15, 0.2) is 5.13 Å². The Morgan fingerprint density at radius 1 is 1.43 bits per heavy atom. The van der Waals surface area contributed by atoms with Crippen LogP contribution in [0.15, 0.2) is 6.20 Å². The van der Waals surface area contributed by atoms with E-state index in [0.717, 1.165) is 30.6 Å². The van der Waals surface area contributed by atoms with Crippen LogP contribution in [-0.4, -0.2) is 39.1 Å². The number of hydrogen-bond acceptors (Lipinski definition) is 4. The van der Waals surface area contributed by atoms with E-state index in [1.54, 1.807) is 6.20 Å². The Balaban J connectivity index is 1.64. The first-order valence-corrected chi connectivity index (χ1v) is 8.08. The number of nitrogens with one attached hydrogen (secondary N) is 1. The predicted octanol–water partition coefficient (Wildman–Crippen LogP) is 2.70. The van der Waals surface area contributed by atoms with Crippen LogP contribution in [0.3, 0.4) is 0 Å². The summed E-state index contributed by atoms with van der Waals surface area (Å²) in [6.45, 7) is 1.95. The first-order chi connectivity index (χ1) is 10.0. The maximum absolute atomic E-state index is 12.4. The lowest BCUT2D eigenvalue weighted by molar-refractivity contribution is -0.138. The second-order valence-electron chi connectivity index (χ2n) is 5.93. The number of anilines is 1. The van der Waals surface area contributed by atoms with Crippen molar-refractivity contribution in [2.24, 2.45) is 5.92 Å². The third-order valence-corrected chi connectivity index (χ3v) is 5.19. The van der Waals surface area contributed by atoms with Crippen LogP contribution in [0.1, 0.15) is 37.0 Å². The van der Waals surface area contributed by atoms with Crippen molar-refractivity contribution in [1.29, 1.82) is 0 Å². The van der Waals surface area contributed by atoms with E-state index in [1.807, 2.05) is 11.8 Å². The highest BCUT2D eigenvalue weighted by Gasteiger charge is 2.43. The van der Waals surface area contributed by atoms with E-state index in [9.17, 15) is 9.59 Å². The molecule has 3 rings (SSSR count). The molecule has 1 aromatic rings. The largest absolute Gasteiger partial charge is 0.481 e. The fraction of sp³-hybridized carbons (Fsp3) is 0.643. The monoisotopic (exact) mass is 309 g/mol. The van der Waals surface area contributed by atoms with Crippen LogP contribution in [0.2, 0.25) is 0 Å². The Kier molecular flexibility index (Phi) is 3.84. The number of thiazole rings is 1. The van der Waals surface area contributed by atoms with E-state index in [4.69, 9.17) is 5.11 Å². The maximum atomic E-state index is 12.4. The molecule has 2 aliphatic rings. The number of rotatable bonds is 3. The van der Waals surface area contributed by atoms with Gasteiger partial charge in [-0.1, -0.05) is 0 Å². The minimum Gasteiger partial charge on any atom is -0.481 e. The van der Waals surface area contributed by atoms with Crippen molar-refractivity contribution >= 4 is 28.5 Å². The summed E-state index contributed by atoms with van der Waals surface area (Å²) in [5, 5.41) is 12.4. The molecule has 2 bridgehead atoms. The zero-order valence-electron chi connectivity index (χ0n) is 11.9. The Morgan fingerprint density at radius 2 is 2.10 bits per heavy atom. The summed E-state index contributed by atoms with van der Waals surface area (Å²) >= 11 is 1.46. The van der Waals surface area contributed by atoms with Gasteiger partial charge >= 0.3 is 12.0 Å². The minimum atomic E-state index is -0.740. The first kappa shape index (κ1) is 14.3. The van der Waals surface area contributed by atoms with Crippen molar-refractivity contribution in [3.8, 4) is 0 Å². The van der Waals surface area contributed by atoms with Crippen LogP contribution in [-0.2, 0) is 4.79 Å². The average Bonchev–Trinajstić information content (AvgIpc) is 2.91. The molecule has 2 fully saturated rings. The fourth-order valence-electron chi connectivity index (χ4n) is 3.60. The maximum Gasteiger partial charge on any atom is 0.324 e. The van der Waals surface area contributed by atoms with Crippen LogP contribution in [0, 0.1) is 12.8 Å². The second kappa shape index (κ2) is 5.63. The number of amides is 2. The number of carboxylic acids is 1. The quantitative estimate of drug-likeness (QED) is 0.899. The van der Waals surface area contributed by atoms with Crippen LogP contribution in [0.25, 0.3) is 0 Å². The Hall–Kier alpha value is -1.63. The molecule has 21 heavy (non-hydrogen) atoms. The van der Waals surface area contributed by atoms with Crippen LogP contribution < -0.4 is 5.32 Å². The lowest BCUT2D eigenvalue weighted by atomic mass is 9.88. The summed E-state index contributed by atoms with van der Waals surface area (Å²) in [5.41, 5.74) is 0. The second-order valence-corrected chi connectivity index (χ2v) is 7.17. The number of piperidine rings is 1. The molecule has 2 saturated heterocycles. The van der Waals surface area contributed by atoms with Crippen molar-refractivity contribution in [2.45, 2.75) is 51.1 Å². The predicted molar refractivity (Wildman–Crippen MR) is 79.5 cm³/mol. The fourth-order valence-corrected chi connectivity index (χ4v) is 4.26. The number of aromatic nitrogens is 1. The molecule has 2 unspecified atom stereocenters. The molecule has 7 heteroatoms. The Bertz CT molecular complexity index is 545. The topological polar surface area (TPSA) is 82.5 Å². The zero-order valence-corrected chi connectivity index (χ0v) is 12.7. The number of carbonyl (C=O) groups is 2. The molecular formula is C14H19N3O3S. The molecule has 2 aliphatic heterocycles. The van der Waals surface area contributed by atoms with Crippen molar-refractivity contribution in [3.63, 3.8) is 0 Å². The van der Waals surface area contributed by atoms with Gasteiger partial charge in [0.25, 0.3) is 0 Å². The lowest BCUT2D eigenvalue weighted by Crippen LogP contribution is -2.48. The van der Waals surface area contributed by atoms with Gasteiger partial charge < -0.3 is 10.0 Å². The highest BCUT2D eigenvalue weighted by atomic mass is 32.1. The SMILES string of the molecule is Cc1cnc(NC(=O)N2C3CCC2CC(CC(=O)O)C3)s1. The minimum absolute atomic E-state index is 0.0920. The molecule has 0 saturated carbocycles. The van der Waals surface area contributed by atoms with E-state index in [2.05, 4.69) is 10.3 Å². The molecular weight excluding hydrogens is 290 g/mol. The normalized spacial score (nSPS) is 27.7. The number of carboxylic acid groups (broad SMARTS) is 1. The third-order valence-electron chi connectivity index (χ3n) is 4.36. The average molecular weight is 309 g/mol. The van der Waals surface area contributed by atoms with Gasteiger partial charge in [-0.3, -0.25) is 10.1 Å². The van der Waals surface area contributed by atoms with Gasteiger partial charge in [-0.25, -0.2) is 9.78 Å². The van der Waals surface area contributed by atoms with E-state index >= 15 is 0 Å². The van der Waals surface area contributed by atoms with Gasteiger partial charge in [-0.15, -0.1) is 11.3 Å². The number of nitrogens with zero attached hydrogens (tertiary/aromatic N) is 2. The van der Waals surface area contributed by atoms with Crippen molar-refractivity contribution in [3.05, 3.63) is 11.1 Å². The van der Waals surface area contributed by atoms with Crippen molar-refractivity contribution in [2.75, 3.05) is 5.32 Å². The molecule has 2 N–H and O–H groups in total. The number of aliphatic carboxylic acids is 1.